The Bertz CT molecular complexity index is 354. The Balaban J connectivity index is 2.45. The summed E-state index contributed by atoms with van der Waals surface area (Å²) < 4.78 is 0. The molecule has 0 saturated heterocycles. The molecule has 14 heavy (non-hydrogen) atoms. The third-order valence-electron chi connectivity index (χ3n) is 2.93. The zero-order valence-electron chi connectivity index (χ0n) is 7.84. The van der Waals surface area contributed by atoms with Gasteiger partial charge < -0.3 is 10.4 Å². The molecule has 2 rings (SSSR count). The third-order valence-corrected chi connectivity index (χ3v) is 2.93. The van der Waals surface area contributed by atoms with Crippen molar-refractivity contribution in [3.63, 3.8) is 0 Å². The number of carbonyl (C=O) groups excluding carboxylic acids is 1. The molecule has 0 radical (unpaired) electrons. The fourth-order valence-corrected chi connectivity index (χ4v) is 2.19. The summed E-state index contributed by atoms with van der Waals surface area (Å²) >= 11 is 0. The monoisotopic (exact) mass is 192 g/mol. The van der Waals surface area contributed by atoms with Gasteiger partial charge in [0.05, 0.1) is 0 Å². The molecule has 1 unspecified atom stereocenters. The van der Waals surface area contributed by atoms with Gasteiger partial charge in [0.15, 0.2) is 5.72 Å². The first-order valence-corrected chi connectivity index (χ1v) is 4.86. The first-order valence-electron chi connectivity index (χ1n) is 4.86. The number of nitriles is 1. The molecule has 0 aromatic carbocycles. The van der Waals surface area contributed by atoms with Crippen LogP contribution in [0.5, 0.6) is 0 Å². The Morgan fingerprint density at radius 2 is 2.21 bits per heavy atom. The van der Waals surface area contributed by atoms with Gasteiger partial charge in [0, 0.05) is 5.57 Å². The topological polar surface area (TPSA) is 73.1 Å². The van der Waals surface area contributed by atoms with Crippen molar-refractivity contribution in [1.82, 2.24) is 5.32 Å². The number of hydrogen-bond donors (Lipinski definition) is 2. The first-order chi connectivity index (χ1) is 6.67. The maximum absolute atomic E-state index is 11.3. The third kappa shape index (κ3) is 1.21. The molecule has 1 atom stereocenters. The molecular formula is C10H12N2O2. The Morgan fingerprint density at radius 1 is 1.43 bits per heavy atom. The summed E-state index contributed by atoms with van der Waals surface area (Å²) in [4.78, 5) is 11.3. The first kappa shape index (κ1) is 9.22. The molecule has 0 aromatic rings. The van der Waals surface area contributed by atoms with E-state index in [0.717, 1.165) is 19.3 Å². The van der Waals surface area contributed by atoms with Gasteiger partial charge in [-0.05, 0) is 25.7 Å². The zero-order chi connectivity index (χ0) is 10.2. The second-order valence-corrected chi connectivity index (χ2v) is 3.84. The zero-order valence-corrected chi connectivity index (χ0v) is 7.84. The average Bonchev–Trinajstić information content (AvgIpc) is 2.29. The van der Waals surface area contributed by atoms with E-state index in [2.05, 4.69) is 5.32 Å². The summed E-state index contributed by atoms with van der Waals surface area (Å²) in [5, 5.41) is 21.4. The van der Waals surface area contributed by atoms with E-state index >= 15 is 0 Å². The van der Waals surface area contributed by atoms with E-state index < -0.39 is 11.6 Å². The van der Waals surface area contributed by atoms with Crippen molar-refractivity contribution >= 4 is 5.91 Å². The highest BCUT2D eigenvalue weighted by atomic mass is 16.3. The van der Waals surface area contributed by atoms with Gasteiger partial charge in [-0.1, -0.05) is 6.42 Å². The van der Waals surface area contributed by atoms with Crippen molar-refractivity contribution in [1.29, 1.82) is 5.26 Å². The Hall–Kier alpha value is -1.34. The van der Waals surface area contributed by atoms with E-state index in [-0.39, 0.29) is 5.57 Å². The molecule has 4 nitrogen and oxygen atoms in total. The van der Waals surface area contributed by atoms with Crippen LogP contribution in [0.25, 0.3) is 0 Å². The number of hydrogen-bond acceptors (Lipinski definition) is 3. The molecule has 0 spiro atoms. The lowest BCUT2D eigenvalue weighted by atomic mass is 9.97. The molecule has 1 fully saturated rings. The van der Waals surface area contributed by atoms with Crippen LogP contribution in [-0.2, 0) is 4.79 Å². The van der Waals surface area contributed by atoms with Gasteiger partial charge in [0.2, 0.25) is 0 Å². The van der Waals surface area contributed by atoms with Crippen LogP contribution >= 0.6 is 0 Å². The van der Waals surface area contributed by atoms with Crippen LogP contribution in [0.2, 0.25) is 0 Å². The smallest absolute Gasteiger partial charge is 0.264 e. The molecule has 2 N–H and O–H groups in total. The maximum atomic E-state index is 11.3. The van der Waals surface area contributed by atoms with E-state index in [9.17, 15) is 9.90 Å². The van der Waals surface area contributed by atoms with Gasteiger partial charge in [0.1, 0.15) is 11.6 Å². The minimum atomic E-state index is -1.22. The SMILES string of the molecule is N#CC1=C2CCCCCC2(O)NC1=O. The summed E-state index contributed by atoms with van der Waals surface area (Å²) in [6, 6.07) is 1.87. The lowest BCUT2D eigenvalue weighted by Gasteiger charge is -2.23. The molecule has 1 saturated carbocycles. The van der Waals surface area contributed by atoms with Crippen molar-refractivity contribution in [2.75, 3.05) is 0 Å². The van der Waals surface area contributed by atoms with Crippen LogP contribution in [0.1, 0.15) is 32.1 Å². The fraction of sp³-hybridized carbons (Fsp3) is 0.600. The van der Waals surface area contributed by atoms with Crippen molar-refractivity contribution in [2.24, 2.45) is 0 Å². The van der Waals surface area contributed by atoms with Crippen molar-refractivity contribution in [3.05, 3.63) is 11.1 Å². The molecule has 74 valence electrons. The number of rotatable bonds is 0. The van der Waals surface area contributed by atoms with E-state index in [1.807, 2.05) is 6.07 Å². The van der Waals surface area contributed by atoms with E-state index in [1.165, 1.54) is 0 Å². The quantitative estimate of drug-likeness (QED) is 0.590. The highest BCUT2D eigenvalue weighted by Crippen LogP contribution is 2.36. The summed E-state index contributed by atoms with van der Waals surface area (Å²) in [6.45, 7) is 0. The second kappa shape index (κ2) is 3.10. The Labute approximate surface area is 82.2 Å². The summed E-state index contributed by atoms with van der Waals surface area (Å²) in [7, 11) is 0. The standard InChI is InChI=1S/C10H12N2O2/c11-6-7-8-4-2-1-3-5-10(8,14)12-9(7)13/h14H,1-5H2,(H,12,13). The van der Waals surface area contributed by atoms with Gasteiger partial charge in [-0.15, -0.1) is 0 Å². The number of fused-ring (bicyclic) bond motifs is 1. The van der Waals surface area contributed by atoms with Crippen molar-refractivity contribution in [2.45, 2.75) is 37.8 Å². The van der Waals surface area contributed by atoms with Gasteiger partial charge in [-0.2, -0.15) is 5.26 Å². The Morgan fingerprint density at radius 3 is 2.93 bits per heavy atom. The van der Waals surface area contributed by atoms with Crippen LogP contribution in [-0.4, -0.2) is 16.7 Å². The summed E-state index contributed by atoms with van der Waals surface area (Å²) in [5.74, 6) is -0.424. The van der Waals surface area contributed by atoms with Gasteiger partial charge in [-0.25, -0.2) is 0 Å². The maximum Gasteiger partial charge on any atom is 0.264 e. The van der Waals surface area contributed by atoms with Crippen molar-refractivity contribution in [3.8, 4) is 6.07 Å². The normalized spacial score (nSPS) is 31.9. The van der Waals surface area contributed by atoms with Crippen LogP contribution in [0.3, 0.4) is 0 Å². The van der Waals surface area contributed by atoms with Gasteiger partial charge in [-0.3, -0.25) is 4.79 Å². The van der Waals surface area contributed by atoms with Gasteiger partial charge >= 0.3 is 0 Å². The lowest BCUT2D eigenvalue weighted by Crippen LogP contribution is -2.43. The number of nitrogens with one attached hydrogen (secondary N) is 1. The molecule has 1 heterocycles. The minimum Gasteiger partial charge on any atom is -0.367 e. The van der Waals surface area contributed by atoms with Crippen LogP contribution in [0.15, 0.2) is 11.1 Å². The molecule has 1 amide bonds. The van der Waals surface area contributed by atoms with Gasteiger partial charge in [0.25, 0.3) is 5.91 Å². The molecule has 1 aliphatic heterocycles. The van der Waals surface area contributed by atoms with Crippen LogP contribution < -0.4 is 5.32 Å². The lowest BCUT2D eigenvalue weighted by molar-refractivity contribution is -0.120. The molecule has 2 aliphatic rings. The minimum absolute atomic E-state index is 0.120. The highest BCUT2D eigenvalue weighted by Gasteiger charge is 2.43. The highest BCUT2D eigenvalue weighted by molar-refractivity contribution is 6.01. The van der Waals surface area contributed by atoms with E-state index in [1.54, 1.807) is 0 Å². The second-order valence-electron chi connectivity index (χ2n) is 3.84. The molecule has 0 bridgehead atoms. The number of carbonyl (C=O) groups is 1. The molecular weight excluding hydrogens is 180 g/mol. The molecule has 1 aliphatic carbocycles. The predicted octanol–water partition coefficient (Wildman–Crippen LogP) is 0.589. The summed E-state index contributed by atoms with van der Waals surface area (Å²) in [5.41, 5.74) is -0.504. The Kier molecular flexibility index (Phi) is 2.05. The summed E-state index contributed by atoms with van der Waals surface area (Å²) in [6.07, 6.45) is 4.05. The van der Waals surface area contributed by atoms with Crippen molar-refractivity contribution < 1.29 is 9.90 Å². The van der Waals surface area contributed by atoms with Crippen LogP contribution in [0.4, 0.5) is 0 Å². The van der Waals surface area contributed by atoms with Crippen LogP contribution in [0, 0.1) is 11.3 Å². The number of nitrogens with zero attached hydrogens (tertiary/aromatic N) is 1. The van der Waals surface area contributed by atoms with E-state index in [0.29, 0.717) is 18.4 Å². The number of aliphatic hydroxyl groups is 1. The fourth-order valence-electron chi connectivity index (χ4n) is 2.19. The number of amides is 1. The molecule has 0 aromatic heterocycles. The van der Waals surface area contributed by atoms with E-state index in [4.69, 9.17) is 5.26 Å². The largest absolute Gasteiger partial charge is 0.367 e. The predicted molar refractivity (Wildman–Crippen MR) is 48.8 cm³/mol. The average molecular weight is 192 g/mol. The molecule has 4 heteroatoms.